The second-order valence-electron chi connectivity index (χ2n) is 5.28. The highest BCUT2D eigenvalue weighted by molar-refractivity contribution is 5.77. The number of benzene rings is 1. The van der Waals surface area contributed by atoms with Crippen molar-refractivity contribution >= 4 is 5.91 Å². The van der Waals surface area contributed by atoms with E-state index in [2.05, 4.69) is 0 Å². The Labute approximate surface area is 134 Å². The van der Waals surface area contributed by atoms with E-state index in [4.69, 9.17) is 10.5 Å². The number of ether oxygens (including phenoxy) is 1. The number of alkyl halides is 3. The number of carbonyl (C=O) groups is 1. The van der Waals surface area contributed by atoms with Crippen LogP contribution in [0.5, 0.6) is 0 Å². The Hall–Kier alpha value is -1.60. The van der Waals surface area contributed by atoms with E-state index in [1.807, 2.05) is 0 Å². The van der Waals surface area contributed by atoms with Crippen LogP contribution in [0.2, 0.25) is 0 Å². The van der Waals surface area contributed by atoms with Gasteiger partial charge in [-0.2, -0.15) is 13.2 Å². The molecule has 2 N–H and O–H groups in total. The van der Waals surface area contributed by atoms with E-state index in [0.717, 1.165) is 12.1 Å². The first-order valence-electron chi connectivity index (χ1n) is 7.44. The van der Waals surface area contributed by atoms with Crippen molar-refractivity contribution in [3.63, 3.8) is 0 Å². The number of methoxy groups -OCH3 is 1. The van der Waals surface area contributed by atoms with Gasteiger partial charge in [-0.05, 0) is 31.5 Å². The molecule has 0 radical (unpaired) electrons. The number of hydrogen-bond donors (Lipinski definition) is 1. The van der Waals surface area contributed by atoms with Crippen LogP contribution in [-0.4, -0.2) is 37.1 Å². The van der Waals surface area contributed by atoms with Crippen LogP contribution >= 0.6 is 0 Å². The average Bonchev–Trinajstić information content (AvgIpc) is 2.52. The fourth-order valence-corrected chi connectivity index (χ4v) is 2.40. The molecule has 4 nitrogen and oxygen atoms in total. The van der Waals surface area contributed by atoms with Crippen molar-refractivity contribution in [3.8, 4) is 0 Å². The molecule has 1 amide bonds. The predicted octanol–water partition coefficient (Wildman–Crippen LogP) is 2.98. The van der Waals surface area contributed by atoms with Crippen LogP contribution in [0.1, 0.15) is 37.4 Å². The smallest absolute Gasteiger partial charge is 0.380 e. The largest absolute Gasteiger partial charge is 0.416 e. The van der Waals surface area contributed by atoms with E-state index in [-0.39, 0.29) is 18.9 Å². The lowest BCUT2D eigenvalue weighted by molar-refractivity contribution is -0.137. The molecule has 0 saturated heterocycles. The predicted molar refractivity (Wildman–Crippen MR) is 81.7 cm³/mol. The summed E-state index contributed by atoms with van der Waals surface area (Å²) in [6.07, 6.45) is -4.70. The third-order valence-corrected chi connectivity index (χ3v) is 3.82. The third-order valence-electron chi connectivity index (χ3n) is 3.82. The molecule has 0 aliphatic rings. The molecule has 2 atom stereocenters. The first kappa shape index (κ1) is 19.4. The number of nitrogens with zero attached hydrogens (tertiary/aromatic N) is 1. The molecule has 130 valence electrons. The van der Waals surface area contributed by atoms with Crippen LogP contribution in [-0.2, 0) is 15.7 Å². The average molecular weight is 332 g/mol. The van der Waals surface area contributed by atoms with Crippen LogP contribution in [0.15, 0.2) is 24.3 Å². The molecule has 0 aliphatic heterocycles. The van der Waals surface area contributed by atoms with Crippen molar-refractivity contribution < 1.29 is 22.7 Å². The number of halogens is 3. The first-order valence-corrected chi connectivity index (χ1v) is 7.44. The molecular weight excluding hydrogens is 309 g/mol. The lowest BCUT2D eigenvalue weighted by Gasteiger charge is -2.30. The quantitative estimate of drug-likeness (QED) is 0.835. The summed E-state index contributed by atoms with van der Waals surface area (Å²) in [5.74, 6) is -0.199. The van der Waals surface area contributed by atoms with E-state index in [1.54, 1.807) is 19.9 Å². The van der Waals surface area contributed by atoms with Crippen LogP contribution < -0.4 is 5.73 Å². The van der Waals surface area contributed by atoms with Crippen molar-refractivity contribution in [2.75, 3.05) is 20.2 Å². The SMILES string of the molecule is CCN(C(=O)CC(CN)OC)C(C)c1cccc(C(F)(F)F)c1. The summed E-state index contributed by atoms with van der Waals surface area (Å²) in [6, 6.07) is 4.57. The van der Waals surface area contributed by atoms with Crippen molar-refractivity contribution in [1.82, 2.24) is 4.90 Å². The molecule has 2 unspecified atom stereocenters. The zero-order chi connectivity index (χ0) is 17.6. The van der Waals surface area contributed by atoms with Crippen LogP contribution in [0.4, 0.5) is 13.2 Å². The zero-order valence-corrected chi connectivity index (χ0v) is 13.6. The molecule has 0 fully saturated rings. The van der Waals surface area contributed by atoms with Gasteiger partial charge in [-0.1, -0.05) is 12.1 Å². The minimum atomic E-state index is -4.41. The van der Waals surface area contributed by atoms with Gasteiger partial charge in [-0.15, -0.1) is 0 Å². The molecule has 23 heavy (non-hydrogen) atoms. The van der Waals surface area contributed by atoms with Gasteiger partial charge in [-0.3, -0.25) is 4.79 Å². The number of hydrogen-bond acceptors (Lipinski definition) is 3. The number of carbonyl (C=O) groups excluding carboxylic acids is 1. The maximum absolute atomic E-state index is 12.8. The molecule has 0 aliphatic carbocycles. The lowest BCUT2D eigenvalue weighted by atomic mass is 10.0. The van der Waals surface area contributed by atoms with Gasteiger partial charge < -0.3 is 15.4 Å². The summed E-state index contributed by atoms with van der Waals surface area (Å²) < 4.78 is 43.6. The molecule has 0 bridgehead atoms. The molecule has 0 saturated carbocycles. The highest BCUT2D eigenvalue weighted by atomic mass is 19.4. The second kappa shape index (κ2) is 8.31. The Morgan fingerprint density at radius 1 is 1.39 bits per heavy atom. The van der Waals surface area contributed by atoms with E-state index >= 15 is 0 Å². The van der Waals surface area contributed by atoms with Crippen molar-refractivity contribution in [2.24, 2.45) is 5.73 Å². The third kappa shape index (κ3) is 5.21. The molecule has 1 aromatic carbocycles. The van der Waals surface area contributed by atoms with Crippen LogP contribution in [0.3, 0.4) is 0 Å². The summed E-state index contributed by atoms with van der Waals surface area (Å²) >= 11 is 0. The van der Waals surface area contributed by atoms with Gasteiger partial charge in [0.05, 0.1) is 24.1 Å². The molecule has 0 heterocycles. The van der Waals surface area contributed by atoms with E-state index in [0.29, 0.717) is 12.1 Å². The summed E-state index contributed by atoms with van der Waals surface area (Å²) in [6.45, 7) is 4.09. The van der Waals surface area contributed by atoms with E-state index in [1.165, 1.54) is 18.1 Å². The monoisotopic (exact) mass is 332 g/mol. The molecule has 1 aromatic rings. The second-order valence-corrected chi connectivity index (χ2v) is 5.28. The Balaban J connectivity index is 2.96. The van der Waals surface area contributed by atoms with Crippen LogP contribution in [0.25, 0.3) is 0 Å². The van der Waals surface area contributed by atoms with Gasteiger partial charge in [0.2, 0.25) is 5.91 Å². The van der Waals surface area contributed by atoms with Gasteiger partial charge in [-0.25, -0.2) is 0 Å². The number of nitrogens with two attached hydrogens (primary N) is 1. The molecule has 7 heteroatoms. The number of amides is 1. The normalized spacial score (nSPS) is 14.4. The van der Waals surface area contributed by atoms with Gasteiger partial charge in [0.15, 0.2) is 0 Å². The van der Waals surface area contributed by atoms with Crippen molar-refractivity contribution in [2.45, 2.75) is 38.6 Å². The standard InChI is InChI=1S/C16H23F3N2O2/c1-4-21(15(22)9-14(10-20)23-3)11(2)12-6-5-7-13(8-12)16(17,18)19/h5-8,11,14H,4,9-10,20H2,1-3H3. The minimum absolute atomic E-state index is 0.101. The van der Waals surface area contributed by atoms with Gasteiger partial charge >= 0.3 is 6.18 Å². The Kier molecular flexibility index (Phi) is 7.02. The van der Waals surface area contributed by atoms with E-state index < -0.39 is 23.9 Å². The Morgan fingerprint density at radius 3 is 2.52 bits per heavy atom. The van der Waals surface area contributed by atoms with Gasteiger partial charge in [0.1, 0.15) is 0 Å². The van der Waals surface area contributed by atoms with Crippen LogP contribution in [0, 0.1) is 0 Å². The Bertz CT molecular complexity index is 516. The highest BCUT2D eigenvalue weighted by Crippen LogP contribution is 2.32. The fourth-order valence-electron chi connectivity index (χ4n) is 2.40. The summed E-state index contributed by atoms with van der Waals surface area (Å²) in [4.78, 5) is 13.9. The van der Waals surface area contributed by atoms with Crippen molar-refractivity contribution in [3.05, 3.63) is 35.4 Å². The molecule has 1 rings (SSSR count). The molecule has 0 aromatic heterocycles. The maximum Gasteiger partial charge on any atom is 0.416 e. The van der Waals surface area contributed by atoms with Gasteiger partial charge in [0, 0.05) is 20.2 Å². The minimum Gasteiger partial charge on any atom is -0.380 e. The van der Waals surface area contributed by atoms with Crippen molar-refractivity contribution in [1.29, 1.82) is 0 Å². The number of rotatable bonds is 7. The topological polar surface area (TPSA) is 55.6 Å². The first-order chi connectivity index (χ1) is 10.7. The zero-order valence-electron chi connectivity index (χ0n) is 13.6. The lowest BCUT2D eigenvalue weighted by Crippen LogP contribution is -2.37. The van der Waals surface area contributed by atoms with Gasteiger partial charge in [0.25, 0.3) is 0 Å². The summed E-state index contributed by atoms with van der Waals surface area (Å²) in [5, 5.41) is 0. The summed E-state index contributed by atoms with van der Waals surface area (Å²) in [5.41, 5.74) is 5.23. The summed E-state index contributed by atoms with van der Waals surface area (Å²) in [7, 11) is 1.47. The maximum atomic E-state index is 12.8. The molecular formula is C16H23F3N2O2. The fraction of sp³-hybridized carbons (Fsp3) is 0.562. The highest BCUT2D eigenvalue weighted by Gasteiger charge is 2.31. The molecule has 0 spiro atoms. The Morgan fingerprint density at radius 2 is 2.04 bits per heavy atom. The van der Waals surface area contributed by atoms with E-state index in [9.17, 15) is 18.0 Å².